The molecule has 0 aliphatic carbocycles. The molecular weight excluding hydrogens is 317 g/mol. The Labute approximate surface area is 146 Å². The predicted molar refractivity (Wildman–Crippen MR) is 96.0 cm³/mol. The van der Waals surface area contributed by atoms with E-state index in [1.165, 1.54) is 0 Å². The van der Waals surface area contributed by atoms with Gasteiger partial charge in [-0.05, 0) is 30.5 Å². The lowest BCUT2D eigenvalue weighted by Crippen LogP contribution is -2.08. The highest BCUT2D eigenvalue weighted by molar-refractivity contribution is 5.39. The molecule has 0 atom stereocenters. The van der Waals surface area contributed by atoms with Gasteiger partial charge in [-0.1, -0.05) is 54.1 Å². The molecule has 0 unspecified atom stereocenters. The van der Waals surface area contributed by atoms with E-state index in [9.17, 15) is 4.39 Å². The van der Waals surface area contributed by atoms with Gasteiger partial charge in [-0.3, -0.25) is 0 Å². The van der Waals surface area contributed by atoms with Crippen LogP contribution in [0.25, 0.3) is 0 Å². The molecule has 0 spiro atoms. The molecule has 0 bridgehead atoms. The number of hydrogen-bond acceptors (Lipinski definition) is 4. The van der Waals surface area contributed by atoms with Crippen molar-refractivity contribution < 1.29 is 9.13 Å². The van der Waals surface area contributed by atoms with Gasteiger partial charge in [-0.2, -0.15) is 4.98 Å². The Morgan fingerprint density at radius 3 is 2.68 bits per heavy atom. The van der Waals surface area contributed by atoms with E-state index in [1.807, 2.05) is 44.2 Å². The SMILES string of the molecule is Cc1ccc(C)c(CNc2nc(OCc3ccccc3)ncc2F)c1. The Morgan fingerprint density at radius 2 is 1.88 bits per heavy atom. The number of nitrogens with zero attached hydrogens (tertiary/aromatic N) is 2. The Morgan fingerprint density at radius 1 is 1.08 bits per heavy atom. The van der Waals surface area contributed by atoms with E-state index < -0.39 is 5.82 Å². The van der Waals surface area contributed by atoms with Gasteiger partial charge >= 0.3 is 6.01 Å². The molecule has 3 aromatic rings. The molecule has 1 heterocycles. The first-order chi connectivity index (χ1) is 12.1. The number of ether oxygens (including phenoxy) is 1. The maximum Gasteiger partial charge on any atom is 0.318 e. The van der Waals surface area contributed by atoms with E-state index in [1.54, 1.807) is 0 Å². The Balaban J connectivity index is 1.68. The average Bonchev–Trinajstić information content (AvgIpc) is 2.63. The van der Waals surface area contributed by atoms with E-state index in [0.717, 1.165) is 28.5 Å². The van der Waals surface area contributed by atoms with Crippen molar-refractivity contribution >= 4 is 5.82 Å². The van der Waals surface area contributed by atoms with Gasteiger partial charge in [0.15, 0.2) is 11.6 Å². The third-order valence-corrected chi connectivity index (χ3v) is 3.88. The van der Waals surface area contributed by atoms with Gasteiger partial charge in [-0.15, -0.1) is 0 Å². The van der Waals surface area contributed by atoms with E-state index in [2.05, 4.69) is 33.5 Å². The Bertz CT molecular complexity index is 853. The second-order valence-corrected chi connectivity index (χ2v) is 5.91. The summed E-state index contributed by atoms with van der Waals surface area (Å²) in [4.78, 5) is 8.03. The maximum absolute atomic E-state index is 14.0. The van der Waals surface area contributed by atoms with Gasteiger partial charge in [0.25, 0.3) is 0 Å². The molecule has 0 amide bonds. The number of halogens is 1. The van der Waals surface area contributed by atoms with Crippen LogP contribution in [0.15, 0.2) is 54.7 Å². The highest BCUT2D eigenvalue weighted by Crippen LogP contribution is 2.17. The molecule has 0 radical (unpaired) electrons. The zero-order valence-electron chi connectivity index (χ0n) is 14.3. The van der Waals surface area contributed by atoms with Crippen LogP contribution in [0.1, 0.15) is 22.3 Å². The fourth-order valence-corrected chi connectivity index (χ4v) is 2.44. The first kappa shape index (κ1) is 16.9. The lowest BCUT2D eigenvalue weighted by Gasteiger charge is -2.11. The smallest absolute Gasteiger partial charge is 0.318 e. The minimum absolute atomic E-state index is 0.138. The summed E-state index contributed by atoms with van der Waals surface area (Å²) in [6.07, 6.45) is 1.12. The molecule has 3 rings (SSSR count). The summed E-state index contributed by atoms with van der Waals surface area (Å²) in [6.45, 7) is 4.88. The molecular formula is C20H20FN3O. The highest BCUT2D eigenvalue weighted by atomic mass is 19.1. The number of benzene rings is 2. The first-order valence-electron chi connectivity index (χ1n) is 8.11. The zero-order valence-corrected chi connectivity index (χ0v) is 14.3. The largest absolute Gasteiger partial charge is 0.459 e. The van der Waals surface area contributed by atoms with Gasteiger partial charge in [0, 0.05) is 6.54 Å². The quantitative estimate of drug-likeness (QED) is 0.723. The van der Waals surface area contributed by atoms with Crippen molar-refractivity contribution in [1.29, 1.82) is 0 Å². The molecule has 25 heavy (non-hydrogen) atoms. The molecule has 1 aromatic heterocycles. The van der Waals surface area contributed by atoms with Crippen molar-refractivity contribution in [2.75, 3.05) is 5.32 Å². The van der Waals surface area contributed by atoms with Crippen molar-refractivity contribution in [3.05, 3.63) is 82.8 Å². The molecule has 4 nitrogen and oxygen atoms in total. The number of anilines is 1. The molecule has 0 fully saturated rings. The van der Waals surface area contributed by atoms with Crippen LogP contribution in [-0.4, -0.2) is 9.97 Å². The summed E-state index contributed by atoms with van der Waals surface area (Å²) < 4.78 is 19.5. The lowest BCUT2D eigenvalue weighted by atomic mass is 10.1. The van der Waals surface area contributed by atoms with Crippen molar-refractivity contribution in [2.24, 2.45) is 0 Å². The third kappa shape index (κ3) is 4.53. The monoisotopic (exact) mass is 337 g/mol. The summed E-state index contributed by atoms with van der Waals surface area (Å²) >= 11 is 0. The number of aromatic nitrogens is 2. The van der Waals surface area contributed by atoms with Crippen molar-refractivity contribution in [3.63, 3.8) is 0 Å². The van der Waals surface area contributed by atoms with Crippen LogP contribution in [0, 0.1) is 19.7 Å². The minimum Gasteiger partial charge on any atom is -0.459 e. The maximum atomic E-state index is 14.0. The Kier molecular flexibility index (Phi) is 5.23. The summed E-state index contributed by atoms with van der Waals surface area (Å²) in [5, 5.41) is 3.03. The first-order valence-corrected chi connectivity index (χ1v) is 8.11. The number of hydrogen-bond donors (Lipinski definition) is 1. The summed E-state index contributed by atoms with van der Waals surface area (Å²) in [7, 11) is 0. The normalized spacial score (nSPS) is 10.5. The molecule has 0 saturated carbocycles. The molecule has 0 aliphatic rings. The highest BCUT2D eigenvalue weighted by Gasteiger charge is 2.09. The zero-order chi connectivity index (χ0) is 17.6. The Hall–Kier alpha value is -2.95. The number of aryl methyl sites for hydroxylation is 2. The van der Waals surface area contributed by atoms with E-state index in [-0.39, 0.29) is 11.8 Å². The van der Waals surface area contributed by atoms with Crippen LogP contribution in [0.5, 0.6) is 6.01 Å². The van der Waals surface area contributed by atoms with Crippen LogP contribution in [0.3, 0.4) is 0 Å². The lowest BCUT2D eigenvalue weighted by molar-refractivity contribution is 0.280. The molecule has 2 aromatic carbocycles. The fourth-order valence-electron chi connectivity index (χ4n) is 2.44. The topological polar surface area (TPSA) is 47.0 Å². The van der Waals surface area contributed by atoms with E-state index >= 15 is 0 Å². The van der Waals surface area contributed by atoms with Crippen LogP contribution in [0.2, 0.25) is 0 Å². The van der Waals surface area contributed by atoms with Crippen LogP contribution >= 0.6 is 0 Å². The second kappa shape index (κ2) is 7.75. The number of rotatable bonds is 6. The van der Waals surface area contributed by atoms with Crippen molar-refractivity contribution in [3.8, 4) is 6.01 Å². The van der Waals surface area contributed by atoms with E-state index in [0.29, 0.717) is 13.2 Å². The fraction of sp³-hybridized carbons (Fsp3) is 0.200. The standard InChI is InChI=1S/C20H20FN3O/c1-14-8-9-15(2)17(10-14)11-22-19-18(21)12-23-20(24-19)25-13-16-6-4-3-5-7-16/h3-10,12H,11,13H2,1-2H3,(H,22,23,24). The summed E-state index contributed by atoms with van der Waals surface area (Å²) in [5.74, 6) is -0.365. The van der Waals surface area contributed by atoms with Gasteiger partial charge in [0.2, 0.25) is 0 Å². The third-order valence-electron chi connectivity index (χ3n) is 3.88. The second-order valence-electron chi connectivity index (χ2n) is 5.91. The van der Waals surface area contributed by atoms with Crippen LogP contribution in [-0.2, 0) is 13.2 Å². The molecule has 0 saturated heterocycles. The van der Waals surface area contributed by atoms with Gasteiger partial charge in [-0.25, -0.2) is 9.37 Å². The summed E-state index contributed by atoms with van der Waals surface area (Å²) in [6, 6.07) is 16.0. The minimum atomic E-state index is -0.502. The van der Waals surface area contributed by atoms with E-state index in [4.69, 9.17) is 4.74 Å². The molecule has 5 heteroatoms. The number of nitrogens with one attached hydrogen (secondary N) is 1. The average molecular weight is 337 g/mol. The van der Waals surface area contributed by atoms with Gasteiger partial charge in [0.05, 0.1) is 6.20 Å². The van der Waals surface area contributed by atoms with Crippen molar-refractivity contribution in [2.45, 2.75) is 27.0 Å². The molecule has 0 aliphatic heterocycles. The molecule has 1 N–H and O–H groups in total. The van der Waals surface area contributed by atoms with Gasteiger partial charge < -0.3 is 10.1 Å². The molecule has 128 valence electrons. The van der Waals surface area contributed by atoms with Gasteiger partial charge in [0.1, 0.15) is 6.61 Å². The van der Waals surface area contributed by atoms with Crippen molar-refractivity contribution in [1.82, 2.24) is 9.97 Å². The van der Waals surface area contributed by atoms with Crippen LogP contribution < -0.4 is 10.1 Å². The summed E-state index contributed by atoms with van der Waals surface area (Å²) in [5.41, 5.74) is 4.41. The predicted octanol–water partition coefficient (Wildman–Crippen LogP) is 4.42. The van der Waals surface area contributed by atoms with Crippen LogP contribution in [0.4, 0.5) is 10.2 Å².